The van der Waals surface area contributed by atoms with Gasteiger partial charge in [-0.05, 0) is 19.1 Å². The summed E-state index contributed by atoms with van der Waals surface area (Å²) in [6, 6.07) is 7.12. The van der Waals surface area contributed by atoms with Crippen LogP contribution < -0.4 is 15.0 Å². The zero-order chi connectivity index (χ0) is 17.7. The van der Waals surface area contributed by atoms with Crippen molar-refractivity contribution < 1.29 is 22.7 Å². The molecule has 0 bridgehead atoms. The first-order valence-electron chi connectivity index (χ1n) is 7.77. The fourth-order valence-electron chi connectivity index (χ4n) is 2.68. The Morgan fingerprint density at radius 1 is 1.29 bits per heavy atom. The maximum atomic E-state index is 12.2. The summed E-state index contributed by atoms with van der Waals surface area (Å²) in [6.07, 6.45) is -4.39. The van der Waals surface area contributed by atoms with Gasteiger partial charge in [0.05, 0.1) is 13.2 Å². The minimum Gasteiger partial charge on any atom is -0.497 e. The number of anilines is 1. The molecule has 0 unspecified atom stereocenters. The number of carbonyl (C=O) groups excluding carboxylic acids is 1. The van der Waals surface area contributed by atoms with E-state index in [1.54, 1.807) is 14.0 Å². The number of benzene rings is 1. The molecule has 0 saturated carbocycles. The van der Waals surface area contributed by atoms with Crippen molar-refractivity contribution in [1.29, 1.82) is 0 Å². The minimum atomic E-state index is -4.39. The van der Waals surface area contributed by atoms with E-state index in [2.05, 4.69) is 4.90 Å². The molecule has 1 atom stereocenters. The van der Waals surface area contributed by atoms with Gasteiger partial charge in [0.25, 0.3) is 0 Å². The molecule has 0 spiro atoms. The Kier molecular flexibility index (Phi) is 5.93. The topological polar surface area (TPSA) is 44.8 Å². The summed E-state index contributed by atoms with van der Waals surface area (Å²) >= 11 is 0. The Morgan fingerprint density at radius 2 is 1.96 bits per heavy atom. The van der Waals surface area contributed by atoms with E-state index in [-0.39, 0.29) is 0 Å². The number of methoxy groups -OCH3 is 1. The average Bonchev–Trinajstić information content (AvgIpc) is 2.58. The number of piperazine rings is 1. The highest BCUT2D eigenvalue weighted by molar-refractivity contribution is 5.81. The first-order valence-corrected chi connectivity index (χ1v) is 7.77. The van der Waals surface area contributed by atoms with Crippen molar-refractivity contribution >= 4 is 11.6 Å². The van der Waals surface area contributed by atoms with Crippen LogP contribution in [-0.2, 0) is 4.79 Å². The van der Waals surface area contributed by atoms with Crippen LogP contribution in [0.25, 0.3) is 0 Å². The number of halogens is 3. The molecule has 1 amide bonds. The first kappa shape index (κ1) is 18.4. The molecule has 1 aromatic carbocycles. The number of amides is 1. The molecule has 1 saturated heterocycles. The van der Waals surface area contributed by atoms with Crippen LogP contribution >= 0.6 is 0 Å². The fraction of sp³-hybridized carbons (Fsp3) is 0.562. The maximum absolute atomic E-state index is 12.2. The molecule has 1 fully saturated rings. The lowest BCUT2D eigenvalue weighted by atomic mass is 10.2. The number of hydrogen-bond acceptors (Lipinski definition) is 4. The van der Waals surface area contributed by atoms with Crippen LogP contribution in [-0.4, -0.2) is 62.9 Å². The van der Waals surface area contributed by atoms with Gasteiger partial charge >= 0.3 is 6.18 Å². The van der Waals surface area contributed by atoms with E-state index in [9.17, 15) is 18.0 Å². The van der Waals surface area contributed by atoms with Gasteiger partial charge in [-0.3, -0.25) is 9.69 Å². The van der Waals surface area contributed by atoms with Crippen LogP contribution in [0, 0.1) is 0 Å². The third-order valence-electron chi connectivity index (χ3n) is 4.12. The van der Waals surface area contributed by atoms with E-state index >= 15 is 0 Å². The Labute approximate surface area is 139 Å². The predicted octanol–water partition coefficient (Wildman–Crippen LogP) is 1.88. The van der Waals surface area contributed by atoms with Crippen LogP contribution in [0.2, 0.25) is 0 Å². The van der Waals surface area contributed by atoms with Gasteiger partial charge in [-0.25, -0.2) is 0 Å². The molecule has 1 aromatic rings. The maximum Gasteiger partial charge on any atom is 0.405 e. The van der Waals surface area contributed by atoms with E-state index in [4.69, 9.17) is 4.74 Å². The van der Waals surface area contributed by atoms with Crippen molar-refractivity contribution in [2.75, 3.05) is 44.7 Å². The van der Waals surface area contributed by atoms with Crippen molar-refractivity contribution in [2.24, 2.45) is 0 Å². The molecule has 5 nitrogen and oxygen atoms in total. The van der Waals surface area contributed by atoms with E-state index in [1.807, 2.05) is 34.5 Å². The summed E-state index contributed by atoms with van der Waals surface area (Å²) in [6.45, 7) is 2.95. The largest absolute Gasteiger partial charge is 0.497 e. The lowest BCUT2D eigenvalue weighted by Gasteiger charge is -2.38. The second-order valence-corrected chi connectivity index (χ2v) is 5.73. The first-order chi connectivity index (χ1) is 11.3. The standard InChI is InChI=1S/C16H22F3N3O2/c1-12(15(23)20-11-16(17,18)19)21-6-8-22(9-7-21)13-4-3-5-14(10-13)24-2/h3-5,10,12H,6-9,11H2,1-2H3,(H,20,23)/t12-/m0/s1. The van der Waals surface area contributed by atoms with Crippen LogP contribution in [0.5, 0.6) is 5.75 Å². The Balaban J connectivity index is 1.86. The number of carbonyl (C=O) groups is 1. The van der Waals surface area contributed by atoms with Crippen LogP contribution in [0.4, 0.5) is 18.9 Å². The SMILES string of the molecule is COc1cccc(N2CCN([C@@H](C)C(=O)NCC(F)(F)F)CC2)c1. The smallest absolute Gasteiger partial charge is 0.405 e. The third kappa shape index (κ3) is 5.02. The summed E-state index contributed by atoms with van der Waals surface area (Å²) in [4.78, 5) is 15.9. The van der Waals surface area contributed by atoms with Crippen molar-refractivity contribution in [2.45, 2.75) is 19.1 Å². The van der Waals surface area contributed by atoms with Crippen LogP contribution in [0.15, 0.2) is 24.3 Å². The Hall–Kier alpha value is -1.96. The number of nitrogens with one attached hydrogen (secondary N) is 1. The molecule has 0 aromatic heterocycles. The second kappa shape index (κ2) is 7.74. The van der Waals surface area contributed by atoms with Crippen molar-refractivity contribution in [3.63, 3.8) is 0 Å². The summed E-state index contributed by atoms with van der Waals surface area (Å²) < 4.78 is 41.7. The fourth-order valence-corrected chi connectivity index (χ4v) is 2.68. The Bertz CT molecular complexity index is 558. The van der Waals surface area contributed by atoms with Gasteiger partial charge in [0.1, 0.15) is 12.3 Å². The van der Waals surface area contributed by atoms with Crippen LogP contribution in [0.1, 0.15) is 6.92 Å². The van der Waals surface area contributed by atoms with Gasteiger partial charge in [-0.1, -0.05) is 6.07 Å². The molecule has 134 valence electrons. The molecular formula is C16H22F3N3O2. The zero-order valence-corrected chi connectivity index (χ0v) is 13.8. The molecule has 0 aliphatic carbocycles. The molecule has 1 heterocycles. The molecule has 8 heteroatoms. The molecule has 0 radical (unpaired) electrons. The van der Waals surface area contributed by atoms with Crippen molar-refractivity contribution in [3.8, 4) is 5.75 Å². The van der Waals surface area contributed by atoms with E-state index in [0.29, 0.717) is 26.2 Å². The van der Waals surface area contributed by atoms with Gasteiger partial charge in [0.15, 0.2) is 0 Å². The summed E-state index contributed by atoms with van der Waals surface area (Å²) in [7, 11) is 1.61. The highest BCUT2D eigenvalue weighted by Crippen LogP contribution is 2.22. The number of nitrogens with zero attached hydrogens (tertiary/aromatic N) is 2. The summed E-state index contributed by atoms with van der Waals surface area (Å²) in [5, 5.41) is 1.94. The van der Waals surface area contributed by atoms with Gasteiger partial charge in [0.2, 0.25) is 5.91 Å². The third-order valence-corrected chi connectivity index (χ3v) is 4.12. The molecule has 24 heavy (non-hydrogen) atoms. The number of alkyl halides is 3. The average molecular weight is 345 g/mol. The number of ether oxygens (including phenoxy) is 1. The number of rotatable bonds is 5. The minimum absolute atomic E-state index is 0.584. The van der Waals surface area contributed by atoms with E-state index in [0.717, 1.165) is 11.4 Å². The van der Waals surface area contributed by atoms with Crippen LogP contribution in [0.3, 0.4) is 0 Å². The van der Waals surface area contributed by atoms with Crippen molar-refractivity contribution in [1.82, 2.24) is 10.2 Å². The summed E-state index contributed by atoms with van der Waals surface area (Å²) in [5.41, 5.74) is 1.03. The molecule has 1 aliphatic rings. The highest BCUT2D eigenvalue weighted by Gasteiger charge is 2.31. The molecule has 1 aliphatic heterocycles. The molecule has 1 N–H and O–H groups in total. The highest BCUT2D eigenvalue weighted by atomic mass is 19.4. The van der Waals surface area contributed by atoms with Gasteiger partial charge < -0.3 is 15.0 Å². The predicted molar refractivity (Wildman–Crippen MR) is 85.3 cm³/mol. The quantitative estimate of drug-likeness (QED) is 0.885. The molecular weight excluding hydrogens is 323 g/mol. The van der Waals surface area contributed by atoms with Gasteiger partial charge in [-0.2, -0.15) is 13.2 Å². The normalized spacial score (nSPS) is 17.5. The zero-order valence-electron chi connectivity index (χ0n) is 13.8. The number of hydrogen-bond donors (Lipinski definition) is 1. The lowest BCUT2D eigenvalue weighted by Crippen LogP contribution is -2.54. The second-order valence-electron chi connectivity index (χ2n) is 5.73. The molecule has 2 rings (SSSR count). The van der Waals surface area contributed by atoms with Gasteiger partial charge in [-0.15, -0.1) is 0 Å². The van der Waals surface area contributed by atoms with Crippen molar-refractivity contribution in [3.05, 3.63) is 24.3 Å². The van der Waals surface area contributed by atoms with E-state index in [1.165, 1.54) is 0 Å². The van der Waals surface area contributed by atoms with Gasteiger partial charge in [0, 0.05) is 37.9 Å². The lowest BCUT2D eigenvalue weighted by molar-refractivity contribution is -0.141. The Morgan fingerprint density at radius 3 is 2.54 bits per heavy atom. The monoisotopic (exact) mass is 345 g/mol. The summed E-state index contributed by atoms with van der Waals surface area (Å²) in [5.74, 6) is 0.178. The van der Waals surface area contributed by atoms with E-state index < -0.39 is 24.7 Å².